The number of rotatable bonds is 4. The first-order chi connectivity index (χ1) is 10.6. The van der Waals surface area contributed by atoms with E-state index in [1.807, 2.05) is 0 Å². The molecular formula is C14H12N2O6S. The van der Waals surface area contributed by atoms with Crippen molar-refractivity contribution in [1.82, 2.24) is 0 Å². The van der Waals surface area contributed by atoms with Crippen molar-refractivity contribution in [3.05, 3.63) is 67.8 Å². The van der Waals surface area contributed by atoms with E-state index in [0.29, 0.717) is 11.1 Å². The molecule has 0 radical (unpaired) electrons. The number of nitro benzene ring substituents is 2. The maximum Gasteiger partial charge on any atom is 0.273 e. The zero-order valence-corrected chi connectivity index (χ0v) is 13.0. The number of aryl methyl sites for hydroxylation is 2. The highest BCUT2D eigenvalue weighted by Gasteiger charge is 2.24. The van der Waals surface area contributed by atoms with E-state index < -0.39 is 19.7 Å². The normalized spacial score (nSPS) is 11.2. The van der Waals surface area contributed by atoms with Crippen molar-refractivity contribution in [3.63, 3.8) is 0 Å². The molecule has 0 aliphatic carbocycles. The Bertz CT molecular complexity index is 851. The van der Waals surface area contributed by atoms with Gasteiger partial charge in [-0.15, -0.1) is 0 Å². The van der Waals surface area contributed by atoms with Crippen molar-refractivity contribution >= 4 is 21.2 Å². The van der Waals surface area contributed by atoms with Crippen LogP contribution in [-0.2, 0) is 9.84 Å². The smallest absolute Gasteiger partial charge is 0.258 e. The molecule has 0 saturated heterocycles. The van der Waals surface area contributed by atoms with Crippen molar-refractivity contribution in [3.8, 4) is 0 Å². The molecule has 120 valence electrons. The average Bonchev–Trinajstić information content (AvgIpc) is 2.47. The van der Waals surface area contributed by atoms with Crippen LogP contribution in [0.3, 0.4) is 0 Å². The lowest BCUT2D eigenvalue weighted by molar-refractivity contribution is -0.385. The predicted octanol–water partition coefficient (Wildman–Crippen LogP) is 2.95. The maximum atomic E-state index is 12.6. The highest BCUT2D eigenvalue weighted by Crippen LogP contribution is 2.29. The van der Waals surface area contributed by atoms with Gasteiger partial charge in [-0.05, 0) is 26.0 Å². The second-order valence-corrected chi connectivity index (χ2v) is 6.86. The molecule has 0 atom stereocenters. The molecule has 9 heteroatoms. The van der Waals surface area contributed by atoms with E-state index in [1.54, 1.807) is 0 Å². The summed E-state index contributed by atoms with van der Waals surface area (Å²) >= 11 is 0. The van der Waals surface area contributed by atoms with Crippen LogP contribution in [0, 0.1) is 34.1 Å². The molecule has 0 bridgehead atoms. The molecule has 2 rings (SSSR count). The number of benzene rings is 2. The predicted molar refractivity (Wildman–Crippen MR) is 81.1 cm³/mol. The van der Waals surface area contributed by atoms with Crippen LogP contribution >= 0.6 is 0 Å². The molecule has 2 aromatic rings. The van der Waals surface area contributed by atoms with Crippen molar-refractivity contribution in [1.29, 1.82) is 0 Å². The molecule has 0 heterocycles. The van der Waals surface area contributed by atoms with Crippen molar-refractivity contribution in [2.45, 2.75) is 23.6 Å². The van der Waals surface area contributed by atoms with E-state index in [0.717, 1.165) is 12.1 Å². The summed E-state index contributed by atoms with van der Waals surface area (Å²) in [4.78, 5) is 20.0. The SMILES string of the molecule is Cc1ccc(S(=O)(=O)c2ccc(C)c([N+](=O)[O-])c2)cc1[N+](=O)[O-]. The van der Waals surface area contributed by atoms with Gasteiger partial charge in [0.15, 0.2) is 0 Å². The van der Waals surface area contributed by atoms with Crippen molar-refractivity contribution in [2.24, 2.45) is 0 Å². The van der Waals surface area contributed by atoms with Gasteiger partial charge in [-0.2, -0.15) is 0 Å². The number of sulfone groups is 1. The van der Waals surface area contributed by atoms with Gasteiger partial charge in [0.1, 0.15) is 0 Å². The third-order valence-electron chi connectivity index (χ3n) is 3.38. The summed E-state index contributed by atoms with van der Waals surface area (Å²) < 4.78 is 25.1. The fourth-order valence-electron chi connectivity index (χ4n) is 2.04. The van der Waals surface area contributed by atoms with Gasteiger partial charge in [0.05, 0.1) is 19.6 Å². The van der Waals surface area contributed by atoms with Crippen LogP contribution in [0.4, 0.5) is 11.4 Å². The van der Waals surface area contributed by atoms with Crippen LogP contribution in [0.2, 0.25) is 0 Å². The summed E-state index contributed by atoms with van der Waals surface area (Å²) in [6.07, 6.45) is 0. The van der Waals surface area contributed by atoms with Crippen LogP contribution in [-0.4, -0.2) is 18.3 Å². The van der Waals surface area contributed by atoms with Crippen LogP contribution in [0.1, 0.15) is 11.1 Å². The van der Waals surface area contributed by atoms with E-state index in [4.69, 9.17) is 0 Å². The van der Waals surface area contributed by atoms with Gasteiger partial charge in [-0.3, -0.25) is 20.2 Å². The molecule has 0 unspecified atom stereocenters. The monoisotopic (exact) mass is 336 g/mol. The quantitative estimate of drug-likeness (QED) is 0.625. The highest BCUT2D eigenvalue weighted by atomic mass is 32.2. The number of hydrogen-bond acceptors (Lipinski definition) is 6. The second kappa shape index (κ2) is 5.76. The van der Waals surface area contributed by atoms with Crippen LogP contribution < -0.4 is 0 Å². The Hall–Kier alpha value is -2.81. The fraction of sp³-hybridized carbons (Fsp3) is 0.143. The molecule has 23 heavy (non-hydrogen) atoms. The largest absolute Gasteiger partial charge is 0.273 e. The van der Waals surface area contributed by atoms with E-state index in [-0.39, 0.29) is 21.2 Å². The second-order valence-electron chi connectivity index (χ2n) is 4.91. The summed E-state index contributed by atoms with van der Waals surface area (Å²) in [6.45, 7) is 2.98. The number of nitro groups is 2. The van der Waals surface area contributed by atoms with Crippen LogP contribution in [0.15, 0.2) is 46.2 Å². The molecular weight excluding hydrogens is 324 g/mol. The lowest BCUT2D eigenvalue weighted by atomic mass is 10.2. The minimum Gasteiger partial charge on any atom is -0.258 e. The lowest BCUT2D eigenvalue weighted by Gasteiger charge is -2.06. The van der Waals surface area contributed by atoms with E-state index >= 15 is 0 Å². The van der Waals surface area contributed by atoms with Crippen molar-refractivity contribution in [2.75, 3.05) is 0 Å². The molecule has 0 aliphatic heterocycles. The Balaban J connectivity index is 2.64. The topological polar surface area (TPSA) is 120 Å². The minimum atomic E-state index is -4.09. The van der Waals surface area contributed by atoms with Crippen molar-refractivity contribution < 1.29 is 18.3 Å². The minimum absolute atomic E-state index is 0.284. The summed E-state index contributed by atoms with van der Waals surface area (Å²) in [7, 11) is -4.09. The third-order valence-corrected chi connectivity index (χ3v) is 5.12. The molecule has 0 aliphatic rings. The molecule has 0 aromatic heterocycles. The lowest BCUT2D eigenvalue weighted by Crippen LogP contribution is -2.05. The van der Waals surface area contributed by atoms with Gasteiger partial charge in [-0.25, -0.2) is 8.42 Å². The zero-order valence-electron chi connectivity index (χ0n) is 12.2. The average molecular weight is 336 g/mol. The van der Waals surface area contributed by atoms with E-state index in [1.165, 1.54) is 38.1 Å². The van der Waals surface area contributed by atoms with E-state index in [9.17, 15) is 28.6 Å². The molecule has 0 amide bonds. The van der Waals surface area contributed by atoms with Gasteiger partial charge in [0.25, 0.3) is 11.4 Å². The Morgan fingerprint density at radius 3 is 1.43 bits per heavy atom. The summed E-state index contributed by atoms with van der Waals surface area (Å²) in [5, 5.41) is 21.9. The number of nitrogens with zero attached hydrogens (tertiary/aromatic N) is 2. The molecule has 2 aromatic carbocycles. The molecule has 8 nitrogen and oxygen atoms in total. The molecule has 0 saturated carbocycles. The van der Waals surface area contributed by atoms with Gasteiger partial charge in [0.2, 0.25) is 9.84 Å². The first-order valence-electron chi connectivity index (χ1n) is 6.40. The molecule has 0 fully saturated rings. The summed E-state index contributed by atoms with van der Waals surface area (Å²) in [5.41, 5.74) is -0.00644. The number of hydrogen-bond donors (Lipinski definition) is 0. The highest BCUT2D eigenvalue weighted by molar-refractivity contribution is 7.91. The van der Waals surface area contributed by atoms with Gasteiger partial charge in [-0.1, -0.05) is 12.1 Å². The zero-order chi connectivity index (χ0) is 17.4. The molecule has 0 N–H and O–H groups in total. The standard InChI is InChI=1S/C14H12N2O6S/c1-9-3-5-11(7-13(9)15(17)18)23(21,22)12-6-4-10(2)14(8-12)16(19)20/h3-8H,1-2H3. The first-order valence-corrected chi connectivity index (χ1v) is 7.88. The Morgan fingerprint density at radius 2 is 1.13 bits per heavy atom. The van der Waals surface area contributed by atoms with Crippen LogP contribution in [0.25, 0.3) is 0 Å². The summed E-state index contributed by atoms with van der Waals surface area (Å²) in [5.74, 6) is 0. The first kappa shape index (κ1) is 16.6. The third kappa shape index (κ3) is 3.04. The van der Waals surface area contributed by atoms with Gasteiger partial charge >= 0.3 is 0 Å². The van der Waals surface area contributed by atoms with Gasteiger partial charge in [0, 0.05) is 23.3 Å². The van der Waals surface area contributed by atoms with E-state index in [2.05, 4.69) is 0 Å². The van der Waals surface area contributed by atoms with Crippen LogP contribution in [0.5, 0.6) is 0 Å². The fourth-order valence-corrected chi connectivity index (χ4v) is 3.34. The Kier molecular flexibility index (Phi) is 4.15. The summed E-state index contributed by atoms with van der Waals surface area (Å²) in [6, 6.07) is 7.04. The Morgan fingerprint density at radius 1 is 0.783 bits per heavy atom. The molecule has 0 spiro atoms. The maximum absolute atomic E-state index is 12.6. The van der Waals surface area contributed by atoms with Gasteiger partial charge < -0.3 is 0 Å². The Labute approximate surface area is 131 Å².